The SMILES string of the molecule is Cc1cc2nc(C)c(=O)n(CCC(=O)NCc3ccc(OC(C)C)cc3)c2cc1C. The van der Waals surface area contributed by atoms with Crippen molar-refractivity contribution in [3.63, 3.8) is 0 Å². The molecule has 1 amide bonds. The molecule has 0 spiro atoms. The van der Waals surface area contributed by atoms with Gasteiger partial charge in [-0.1, -0.05) is 12.1 Å². The molecular formula is C24H29N3O3. The number of benzene rings is 2. The molecule has 0 saturated heterocycles. The zero-order chi connectivity index (χ0) is 21.8. The lowest BCUT2D eigenvalue weighted by Crippen LogP contribution is -2.29. The van der Waals surface area contributed by atoms with Gasteiger partial charge in [-0.2, -0.15) is 0 Å². The summed E-state index contributed by atoms with van der Waals surface area (Å²) < 4.78 is 7.28. The Morgan fingerprint density at radius 2 is 1.77 bits per heavy atom. The van der Waals surface area contributed by atoms with E-state index in [2.05, 4.69) is 10.3 Å². The van der Waals surface area contributed by atoms with Crippen molar-refractivity contribution in [1.29, 1.82) is 0 Å². The third kappa shape index (κ3) is 5.06. The van der Waals surface area contributed by atoms with Gasteiger partial charge in [0.15, 0.2) is 0 Å². The molecule has 0 aliphatic rings. The highest BCUT2D eigenvalue weighted by Gasteiger charge is 2.11. The number of rotatable bonds is 7. The molecule has 3 aromatic rings. The average molecular weight is 408 g/mol. The van der Waals surface area contributed by atoms with Crippen molar-refractivity contribution in [2.45, 2.75) is 60.2 Å². The van der Waals surface area contributed by atoms with Crippen LogP contribution < -0.4 is 15.6 Å². The van der Waals surface area contributed by atoms with Gasteiger partial charge in [0.2, 0.25) is 5.91 Å². The minimum Gasteiger partial charge on any atom is -0.491 e. The maximum atomic E-state index is 12.6. The average Bonchev–Trinajstić information content (AvgIpc) is 2.69. The summed E-state index contributed by atoms with van der Waals surface area (Å²) in [5, 5.41) is 2.92. The molecule has 6 nitrogen and oxygen atoms in total. The number of aryl methyl sites for hydroxylation is 4. The smallest absolute Gasteiger partial charge is 0.272 e. The molecule has 0 fully saturated rings. The van der Waals surface area contributed by atoms with Crippen LogP contribution in [0, 0.1) is 20.8 Å². The van der Waals surface area contributed by atoms with Crippen LogP contribution in [0.25, 0.3) is 11.0 Å². The Hall–Kier alpha value is -3.15. The van der Waals surface area contributed by atoms with Gasteiger partial charge in [0, 0.05) is 19.5 Å². The van der Waals surface area contributed by atoms with E-state index in [9.17, 15) is 9.59 Å². The van der Waals surface area contributed by atoms with E-state index in [1.54, 1.807) is 11.5 Å². The molecule has 0 aliphatic heterocycles. The van der Waals surface area contributed by atoms with Crippen molar-refractivity contribution < 1.29 is 9.53 Å². The Morgan fingerprint density at radius 3 is 2.43 bits per heavy atom. The summed E-state index contributed by atoms with van der Waals surface area (Å²) >= 11 is 0. The van der Waals surface area contributed by atoms with E-state index in [4.69, 9.17) is 4.74 Å². The lowest BCUT2D eigenvalue weighted by atomic mass is 10.1. The second kappa shape index (κ2) is 9.11. The highest BCUT2D eigenvalue weighted by molar-refractivity contribution is 5.78. The Kier molecular flexibility index (Phi) is 6.55. The minimum absolute atomic E-state index is 0.101. The molecule has 30 heavy (non-hydrogen) atoms. The van der Waals surface area contributed by atoms with Crippen molar-refractivity contribution in [2.75, 3.05) is 0 Å². The molecule has 0 saturated carbocycles. The number of aromatic nitrogens is 2. The molecule has 0 aliphatic carbocycles. The van der Waals surface area contributed by atoms with Crippen LogP contribution in [0.4, 0.5) is 0 Å². The second-order valence-electron chi connectivity index (χ2n) is 7.92. The number of carbonyl (C=O) groups excluding carboxylic acids is 1. The van der Waals surface area contributed by atoms with Gasteiger partial charge < -0.3 is 14.6 Å². The maximum Gasteiger partial charge on any atom is 0.272 e. The van der Waals surface area contributed by atoms with E-state index in [1.165, 1.54) is 0 Å². The van der Waals surface area contributed by atoms with Crippen molar-refractivity contribution >= 4 is 16.9 Å². The van der Waals surface area contributed by atoms with Gasteiger partial charge in [0.05, 0.1) is 17.1 Å². The number of nitrogens with one attached hydrogen (secondary N) is 1. The zero-order valence-corrected chi connectivity index (χ0v) is 18.3. The van der Waals surface area contributed by atoms with Gasteiger partial charge in [-0.3, -0.25) is 9.59 Å². The Bertz CT molecular complexity index is 1120. The second-order valence-corrected chi connectivity index (χ2v) is 7.92. The summed E-state index contributed by atoms with van der Waals surface area (Å²) in [5.41, 5.74) is 5.04. The Balaban J connectivity index is 1.66. The topological polar surface area (TPSA) is 73.2 Å². The van der Waals surface area contributed by atoms with Gasteiger partial charge in [0.1, 0.15) is 11.4 Å². The van der Waals surface area contributed by atoms with Gasteiger partial charge in [-0.15, -0.1) is 0 Å². The first-order chi connectivity index (χ1) is 14.2. The van der Waals surface area contributed by atoms with Crippen LogP contribution in [0.1, 0.15) is 42.7 Å². The molecule has 6 heteroatoms. The molecule has 0 atom stereocenters. The normalized spacial score (nSPS) is 11.1. The number of carbonyl (C=O) groups is 1. The van der Waals surface area contributed by atoms with E-state index >= 15 is 0 Å². The van der Waals surface area contributed by atoms with Crippen molar-refractivity contribution in [1.82, 2.24) is 14.9 Å². The molecular weight excluding hydrogens is 378 g/mol. The fraction of sp³-hybridized carbons (Fsp3) is 0.375. The van der Waals surface area contributed by atoms with E-state index in [0.717, 1.165) is 33.5 Å². The van der Waals surface area contributed by atoms with Gasteiger partial charge in [-0.25, -0.2) is 4.98 Å². The zero-order valence-electron chi connectivity index (χ0n) is 18.3. The molecule has 1 aromatic heterocycles. The minimum atomic E-state index is -0.153. The molecule has 158 valence electrons. The Morgan fingerprint density at radius 1 is 1.10 bits per heavy atom. The van der Waals surface area contributed by atoms with Crippen LogP contribution in [0.3, 0.4) is 0 Å². The largest absolute Gasteiger partial charge is 0.491 e. The van der Waals surface area contributed by atoms with Gasteiger partial charge >= 0.3 is 0 Å². The summed E-state index contributed by atoms with van der Waals surface area (Å²) in [7, 11) is 0. The predicted molar refractivity (Wildman–Crippen MR) is 119 cm³/mol. The standard InChI is InChI=1S/C24H29N3O3/c1-15(2)30-20-8-6-19(7-9-20)14-25-23(28)10-11-27-22-13-17(4)16(3)12-21(22)26-18(5)24(27)29/h6-9,12-13,15H,10-11,14H2,1-5H3,(H,25,28). The first-order valence-corrected chi connectivity index (χ1v) is 10.3. The van der Waals surface area contributed by atoms with Gasteiger partial charge in [0.25, 0.3) is 5.56 Å². The van der Waals surface area contributed by atoms with Gasteiger partial charge in [-0.05, 0) is 75.6 Å². The molecule has 2 aromatic carbocycles. The summed E-state index contributed by atoms with van der Waals surface area (Å²) in [5.74, 6) is 0.709. The van der Waals surface area contributed by atoms with Crippen molar-refractivity contribution in [3.8, 4) is 5.75 Å². The van der Waals surface area contributed by atoms with Crippen LogP contribution in [0.5, 0.6) is 5.75 Å². The number of hydrogen-bond donors (Lipinski definition) is 1. The van der Waals surface area contributed by atoms with Crippen LogP contribution in [0.15, 0.2) is 41.2 Å². The third-order valence-electron chi connectivity index (χ3n) is 5.07. The first-order valence-electron chi connectivity index (χ1n) is 10.3. The van der Waals surface area contributed by atoms with Crippen LogP contribution >= 0.6 is 0 Å². The highest BCUT2D eigenvalue weighted by atomic mass is 16.5. The van der Waals surface area contributed by atoms with E-state index in [1.807, 2.05) is 64.1 Å². The third-order valence-corrected chi connectivity index (χ3v) is 5.07. The van der Waals surface area contributed by atoms with Crippen LogP contribution in [-0.4, -0.2) is 21.6 Å². The first kappa shape index (κ1) is 21.6. The fourth-order valence-electron chi connectivity index (χ4n) is 3.31. The van der Waals surface area contributed by atoms with Crippen molar-refractivity contribution in [2.24, 2.45) is 0 Å². The van der Waals surface area contributed by atoms with E-state index in [-0.39, 0.29) is 24.0 Å². The number of nitrogens with zero attached hydrogens (tertiary/aromatic N) is 2. The number of fused-ring (bicyclic) bond motifs is 1. The molecule has 1 N–H and O–H groups in total. The number of amides is 1. The lowest BCUT2D eigenvalue weighted by Gasteiger charge is -2.13. The quantitative estimate of drug-likeness (QED) is 0.646. The summed E-state index contributed by atoms with van der Waals surface area (Å²) in [6.45, 7) is 10.5. The maximum absolute atomic E-state index is 12.6. The molecule has 0 bridgehead atoms. The van der Waals surface area contributed by atoms with Crippen LogP contribution in [-0.2, 0) is 17.9 Å². The van der Waals surface area contributed by atoms with Crippen LogP contribution in [0.2, 0.25) is 0 Å². The molecule has 0 unspecified atom stereocenters. The molecule has 1 heterocycles. The predicted octanol–water partition coefficient (Wildman–Crippen LogP) is 3.82. The Labute approximate surface area is 176 Å². The summed E-state index contributed by atoms with van der Waals surface area (Å²) in [6, 6.07) is 11.6. The van der Waals surface area contributed by atoms with E-state index < -0.39 is 0 Å². The molecule has 3 rings (SSSR count). The summed E-state index contributed by atoms with van der Waals surface area (Å²) in [6.07, 6.45) is 0.347. The molecule has 0 radical (unpaired) electrons. The fourth-order valence-corrected chi connectivity index (χ4v) is 3.31. The monoisotopic (exact) mass is 407 g/mol. The number of hydrogen-bond acceptors (Lipinski definition) is 4. The lowest BCUT2D eigenvalue weighted by molar-refractivity contribution is -0.121. The number of ether oxygens (including phenoxy) is 1. The summed E-state index contributed by atoms with van der Waals surface area (Å²) in [4.78, 5) is 29.4. The van der Waals surface area contributed by atoms with Crippen molar-refractivity contribution in [3.05, 3.63) is 69.1 Å². The highest BCUT2D eigenvalue weighted by Crippen LogP contribution is 2.17. The van der Waals surface area contributed by atoms with E-state index in [0.29, 0.717) is 18.8 Å².